The van der Waals surface area contributed by atoms with Crippen molar-refractivity contribution in [2.45, 2.75) is 46.0 Å². The molecule has 0 radical (unpaired) electrons. The average molecular weight is 305 g/mol. The molecule has 0 atom stereocenters. The molecule has 1 amide bonds. The summed E-state index contributed by atoms with van der Waals surface area (Å²) >= 11 is 0. The van der Waals surface area contributed by atoms with Gasteiger partial charge in [0, 0.05) is 23.9 Å². The number of carbonyl (C=O) groups is 1. The first-order valence-corrected chi connectivity index (χ1v) is 7.15. The lowest BCUT2D eigenvalue weighted by Gasteiger charge is -2.10. The number of halogens is 1. The Morgan fingerprint density at radius 2 is 2.09 bits per heavy atom. The normalized spacial score (nSPS) is 11.5. The van der Waals surface area contributed by atoms with Crippen molar-refractivity contribution in [3.63, 3.8) is 0 Å². The van der Waals surface area contributed by atoms with Crippen LogP contribution >= 0.6 is 0 Å². The predicted octanol–water partition coefficient (Wildman–Crippen LogP) is 3.39. The third kappa shape index (κ3) is 4.13. The van der Waals surface area contributed by atoms with Crippen LogP contribution in [0.5, 0.6) is 0 Å². The van der Waals surface area contributed by atoms with Crippen molar-refractivity contribution < 1.29 is 13.7 Å². The van der Waals surface area contributed by atoms with Gasteiger partial charge in [-0.25, -0.2) is 4.39 Å². The first-order valence-electron chi connectivity index (χ1n) is 7.15. The molecular formula is C16H20FN3O2. The Balaban J connectivity index is 1.90. The van der Waals surface area contributed by atoms with Gasteiger partial charge in [0.15, 0.2) is 5.82 Å². The number of hydrogen-bond donors (Lipinski definition) is 1. The zero-order chi connectivity index (χ0) is 16.3. The van der Waals surface area contributed by atoms with Crippen LogP contribution < -0.4 is 5.32 Å². The highest BCUT2D eigenvalue weighted by atomic mass is 19.1. The highest BCUT2D eigenvalue weighted by Gasteiger charge is 2.21. The van der Waals surface area contributed by atoms with E-state index in [0.717, 1.165) is 0 Å². The summed E-state index contributed by atoms with van der Waals surface area (Å²) in [5.74, 6) is 0.474. The fraction of sp³-hybridized carbons (Fsp3) is 0.438. The van der Waals surface area contributed by atoms with Crippen LogP contribution in [-0.4, -0.2) is 16.0 Å². The van der Waals surface area contributed by atoms with Crippen molar-refractivity contribution in [3.05, 3.63) is 41.3 Å². The summed E-state index contributed by atoms with van der Waals surface area (Å²) in [6, 6.07) is 4.59. The third-order valence-electron chi connectivity index (χ3n) is 3.16. The molecule has 5 nitrogen and oxygen atoms in total. The van der Waals surface area contributed by atoms with Crippen molar-refractivity contribution in [1.82, 2.24) is 10.1 Å². The summed E-state index contributed by atoms with van der Waals surface area (Å²) in [5, 5.41) is 6.55. The molecule has 1 N–H and O–H groups in total. The van der Waals surface area contributed by atoms with Gasteiger partial charge in [0.1, 0.15) is 5.82 Å². The van der Waals surface area contributed by atoms with Gasteiger partial charge in [0.2, 0.25) is 11.8 Å². The first-order chi connectivity index (χ1) is 10.3. The summed E-state index contributed by atoms with van der Waals surface area (Å²) in [7, 11) is 0. The van der Waals surface area contributed by atoms with Crippen molar-refractivity contribution in [2.75, 3.05) is 5.32 Å². The molecule has 0 fully saturated rings. The average Bonchev–Trinajstić information content (AvgIpc) is 2.89. The summed E-state index contributed by atoms with van der Waals surface area (Å²) in [6.45, 7) is 7.63. The molecule has 2 aromatic rings. The molecule has 1 aromatic carbocycles. The minimum atomic E-state index is -0.343. The van der Waals surface area contributed by atoms with E-state index >= 15 is 0 Å². The van der Waals surface area contributed by atoms with E-state index in [9.17, 15) is 9.18 Å². The number of nitrogens with zero attached hydrogens (tertiary/aromatic N) is 2. The number of aromatic nitrogens is 2. The number of nitrogens with one attached hydrogen (secondary N) is 1. The van der Waals surface area contributed by atoms with Gasteiger partial charge in [-0.3, -0.25) is 4.79 Å². The van der Waals surface area contributed by atoms with Gasteiger partial charge in [-0.1, -0.05) is 32.0 Å². The van der Waals surface area contributed by atoms with Crippen LogP contribution in [0.3, 0.4) is 0 Å². The maximum atomic E-state index is 13.4. The Labute approximate surface area is 128 Å². The Hall–Kier alpha value is -2.24. The number of aryl methyl sites for hydroxylation is 2. The maximum absolute atomic E-state index is 13.4. The second-order valence-corrected chi connectivity index (χ2v) is 6.27. The van der Waals surface area contributed by atoms with Gasteiger partial charge < -0.3 is 9.84 Å². The molecule has 2 rings (SSSR count). The van der Waals surface area contributed by atoms with Crippen LogP contribution in [0.2, 0.25) is 0 Å². The lowest BCUT2D eigenvalue weighted by molar-refractivity contribution is -0.116. The maximum Gasteiger partial charge on any atom is 0.227 e. The van der Waals surface area contributed by atoms with E-state index in [1.165, 1.54) is 6.07 Å². The van der Waals surface area contributed by atoms with E-state index in [1.54, 1.807) is 19.1 Å². The first kappa shape index (κ1) is 16.1. The molecule has 118 valence electrons. The lowest BCUT2D eigenvalue weighted by Crippen LogP contribution is -2.14. The Bertz CT molecular complexity index is 674. The molecule has 0 bridgehead atoms. The summed E-state index contributed by atoms with van der Waals surface area (Å²) in [5.41, 5.74) is 0.788. The SMILES string of the molecule is Cc1ccc(NC(=O)CCc2nc(C(C)(C)C)no2)cc1F. The standard InChI is InChI=1S/C16H20FN3O2/c1-10-5-6-11(9-12(10)17)18-13(21)7-8-14-19-15(20-22-14)16(2,3)4/h5-6,9H,7-8H2,1-4H3,(H,18,21). The van der Waals surface area contributed by atoms with E-state index < -0.39 is 0 Å². The molecule has 0 saturated carbocycles. The van der Waals surface area contributed by atoms with E-state index in [0.29, 0.717) is 29.4 Å². The molecule has 1 aromatic heterocycles. The molecule has 1 heterocycles. The number of benzene rings is 1. The molecule has 0 saturated heterocycles. The number of anilines is 1. The minimum absolute atomic E-state index is 0.191. The van der Waals surface area contributed by atoms with Crippen LogP contribution in [0, 0.1) is 12.7 Å². The molecule has 0 unspecified atom stereocenters. The summed E-state index contributed by atoms with van der Waals surface area (Å²) in [6.07, 6.45) is 0.546. The van der Waals surface area contributed by atoms with E-state index in [2.05, 4.69) is 15.5 Å². The monoisotopic (exact) mass is 305 g/mol. The quantitative estimate of drug-likeness (QED) is 0.940. The van der Waals surface area contributed by atoms with Gasteiger partial charge in [-0.15, -0.1) is 0 Å². The molecule has 6 heteroatoms. The molecule has 0 aliphatic carbocycles. The van der Waals surface area contributed by atoms with Gasteiger partial charge >= 0.3 is 0 Å². The molecule has 0 aliphatic heterocycles. The fourth-order valence-corrected chi connectivity index (χ4v) is 1.78. The summed E-state index contributed by atoms with van der Waals surface area (Å²) < 4.78 is 18.5. The van der Waals surface area contributed by atoms with Crippen LogP contribution in [-0.2, 0) is 16.6 Å². The molecule has 0 spiro atoms. The Morgan fingerprint density at radius 3 is 2.68 bits per heavy atom. The van der Waals surface area contributed by atoms with Crippen LogP contribution in [0.1, 0.15) is 44.5 Å². The molecular weight excluding hydrogens is 285 g/mol. The second kappa shape index (κ2) is 6.25. The summed E-state index contributed by atoms with van der Waals surface area (Å²) in [4.78, 5) is 16.1. The van der Waals surface area contributed by atoms with Crippen molar-refractivity contribution in [3.8, 4) is 0 Å². The van der Waals surface area contributed by atoms with Crippen molar-refractivity contribution in [1.29, 1.82) is 0 Å². The predicted molar refractivity (Wildman–Crippen MR) is 81.1 cm³/mol. The van der Waals surface area contributed by atoms with Crippen LogP contribution in [0.4, 0.5) is 10.1 Å². The van der Waals surface area contributed by atoms with E-state index in [4.69, 9.17) is 4.52 Å². The van der Waals surface area contributed by atoms with Gasteiger partial charge in [-0.05, 0) is 24.6 Å². The third-order valence-corrected chi connectivity index (χ3v) is 3.16. The van der Waals surface area contributed by atoms with E-state index in [1.807, 2.05) is 20.8 Å². The second-order valence-electron chi connectivity index (χ2n) is 6.27. The largest absolute Gasteiger partial charge is 0.339 e. The minimum Gasteiger partial charge on any atom is -0.339 e. The smallest absolute Gasteiger partial charge is 0.227 e. The number of amides is 1. The van der Waals surface area contributed by atoms with Crippen molar-refractivity contribution in [2.24, 2.45) is 0 Å². The highest BCUT2D eigenvalue weighted by molar-refractivity contribution is 5.90. The number of rotatable bonds is 4. The topological polar surface area (TPSA) is 68.0 Å². The fourth-order valence-electron chi connectivity index (χ4n) is 1.78. The number of carbonyl (C=O) groups excluding carboxylic acids is 1. The zero-order valence-electron chi connectivity index (χ0n) is 13.2. The van der Waals surface area contributed by atoms with Crippen LogP contribution in [0.25, 0.3) is 0 Å². The molecule has 22 heavy (non-hydrogen) atoms. The van der Waals surface area contributed by atoms with Gasteiger partial charge in [0.25, 0.3) is 0 Å². The Kier molecular flexibility index (Phi) is 4.59. The van der Waals surface area contributed by atoms with Gasteiger partial charge in [-0.2, -0.15) is 4.98 Å². The van der Waals surface area contributed by atoms with Gasteiger partial charge in [0.05, 0.1) is 0 Å². The zero-order valence-corrected chi connectivity index (χ0v) is 13.2. The van der Waals surface area contributed by atoms with Crippen molar-refractivity contribution >= 4 is 11.6 Å². The van der Waals surface area contributed by atoms with Crippen LogP contribution in [0.15, 0.2) is 22.7 Å². The highest BCUT2D eigenvalue weighted by Crippen LogP contribution is 2.19. The Morgan fingerprint density at radius 1 is 1.36 bits per heavy atom. The molecule has 0 aliphatic rings. The van der Waals surface area contributed by atoms with E-state index in [-0.39, 0.29) is 23.6 Å². The lowest BCUT2D eigenvalue weighted by atomic mass is 9.96. The number of hydrogen-bond acceptors (Lipinski definition) is 4.